The van der Waals surface area contributed by atoms with E-state index >= 15 is 0 Å². The highest BCUT2D eigenvalue weighted by atomic mass is 35.5. The van der Waals surface area contributed by atoms with Gasteiger partial charge in [0.1, 0.15) is 0 Å². The number of hydrogen-bond acceptors (Lipinski definition) is 4. The maximum absolute atomic E-state index is 10.8. The predicted molar refractivity (Wildman–Crippen MR) is 71.8 cm³/mol. The maximum Gasteiger partial charge on any atom is 0.312 e. The van der Waals surface area contributed by atoms with E-state index in [-0.39, 0.29) is 23.8 Å². The minimum atomic E-state index is -0.478. The van der Waals surface area contributed by atoms with Crippen molar-refractivity contribution >= 4 is 29.7 Å². The molecule has 1 unspecified atom stereocenters. The number of benzene rings is 1. The fraction of sp³-hybridized carbons (Fsp3) is 0.455. The van der Waals surface area contributed by atoms with Crippen LogP contribution in [0, 0.1) is 16.0 Å². The van der Waals surface area contributed by atoms with Crippen LogP contribution < -0.4 is 10.1 Å². The second-order valence-electron chi connectivity index (χ2n) is 4.04. The molecule has 5 nitrogen and oxygen atoms in total. The summed E-state index contributed by atoms with van der Waals surface area (Å²) in [7, 11) is 0. The summed E-state index contributed by atoms with van der Waals surface area (Å²) in [6, 6.07) is 4.45. The number of nitro benzene ring substituents is 1. The Morgan fingerprint density at radius 2 is 2.33 bits per heavy atom. The Kier molecular flexibility index (Phi) is 5.65. The zero-order chi connectivity index (χ0) is 12.3. The molecule has 1 atom stereocenters. The van der Waals surface area contributed by atoms with Crippen molar-refractivity contribution in [2.75, 3.05) is 19.7 Å². The van der Waals surface area contributed by atoms with E-state index < -0.39 is 4.92 Å². The highest BCUT2D eigenvalue weighted by molar-refractivity contribution is 6.30. The van der Waals surface area contributed by atoms with Crippen molar-refractivity contribution in [1.29, 1.82) is 0 Å². The van der Waals surface area contributed by atoms with Crippen molar-refractivity contribution in [2.45, 2.75) is 6.42 Å². The molecule has 0 spiro atoms. The summed E-state index contributed by atoms with van der Waals surface area (Å²) in [5.41, 5.74) is -0.0801. The standard InChI is InChI=1S/C11H13ClN2O3.ClH/c12-9-1-2-11(10(5-9)14(15)16)17-7-8-3-4-13-6-8;/h1-2,5,8,13H,3-4,6-7H2;1H. The van der Waals surface area contributed by atoms with Crippen LogP contribution in [0.4, 0.5) is 5.69 Å². The Morgan fingerprint density at radius 1 is 1.56 bits per heavy atom. The van der Waals surface area contributed by atoms with Gasteiger partial charge in [0, 0.05) is 23.6 Å². The second kappa shape index (κ2) is 6.78. The molecule has 100 valence electrons. The van der Waals surface area contributed by atoms with Gasteiger partial charge < -0.3 is 10.1 Å². The van der Waals surface area contributed by atoms with Gasteiger partial charge in [-0.25, -0.2) is 0 Å². The number of nitro groups is 1. The first kappa shape index (κ1) is 15.0. The number of halogens is 2. The van der Waals surface area contributed by atoms with Crippen molar-refractivity contribution in [1.82, 2.24) is 5.32 Å². The second-order valence-corrected chi connectivity index (χ2v) is 4.48. The molecule has 2 rings (SSSR count). The zero-order valence-corrected chi connectivity index (χ0v) is 11.2. The highest BCUT2D eigenvalue weighted by Gasteiger charge is 2.19. The third-order valence-electron chi connectivity index (χ3n) is 2.75. The van der Waals surface area contributed by atoms with Crippen LogP contribution in [0.2, 0.25) is 5.02 Å². The molecule has 1 heterocycles. The zero-order valence-electron chi connectivity index (χ0n) is 9.60. The van der Waals surface area contributed by atoms with Gasteiger partial charge in [0.15, 0.2) is 5.75 Å². The topological polar surface area (TPSA) is 64.4 Å². The first-order valence-electron chi connectivity index (χ1n) is 5.44. The van der Waals surface area contributed by atoms with E-state index in [1.54, 1.807) is 12.1 Å². The van der Waals surface area contributed by atoms with Gasteiger partial charge in [-0.15, -0.1) is 12.4 Å². The van der Waals surface area contributed by atoms with Crippen molar-refractivity contribution in [3.8, 4) is 5.75 Å². The molecule has 0 bridgehead atoms. The first-order valence-corrected chi connectivity index (χ1v) is 5.82. The molecule has 1 aromatic rings. The molecule has 0 aromatic heterocycles. The molecule has 1 fully saturated rings. The Morgan fingerprint density at radius 3 is 2.94 bits per heavy atom. The van der Waals surface area contributed by atoms with Gasteiger partial charge in [0.05, 0.1) is 11.5 Å². The molecule has 0 aliphatic carbocycles. The van der Waals surface area contributed by atoms with E-state index in [4.69, 9.17) is 16.3 Å². The summed E-state index contributed by atoms with van der Waals surface area (Å²) in [5, 5.41) is 14.4. The van der Waals surface area contributed by atoms with Gasteiger partial charge in [0.25, 0.3) is 0 Å². The molecule has 1 aliphatic heterocycles. The number of rotatable bonds is 4. The van der Waals surface area contributed by atoms with Crippen LogP contribution in [-0.2, 0) is 0 Å². The highest BCUT2D eigenvalue weighted by Crippen LogP contribution is 2.30. The Labute approximate surface area is 116 Å². The van der Waals surface area contributed by atoms with E-state index in [0.29, 0.717) is 17.5 Å². The lowest BCUT2D eigenvalue weighted by Crippen LogP contribution is -2.15. The average Bonchev–Trinajstić information content (AvgIpc) is 2.80. The Balaban J connectivity index is 0.00000162. The van der Waals surface area contributed by atoms with Gasteiger partial charge in [-0.2, -0.15) is 0 Å². The maximum atomic E-state index is 10.8. The largest absolute Gasteiger partial charge is 0.486 e. The minimum Gasteiger partial charge on any atom is -0.486 e. The fourth-order valence-corrected chi connectivity index (χ4v) is 1.99. The number of nitrogens with one attached hydrogen (secondary N) is 1. The Hall–Kier alpha value is -1.04. The summed E-state index contributed by atoms with van der Waals surface area (Å²) in [6.07, 6.45) is 1.04. The third kappa shape index (κ3) is 3.73. The van der Waals surface area contributed by atoms with E-state index in [1.165, 1.54) is 6.07 Å². The minimum absolute atomic E-state index is 0. The van der Waals surface area contributed by atoms with E-state index in [1.807, 2.05) is 0 Å². The average molecular weight is 293 g/mol. The molecule has 7 heteroatoms. The lowest BCUT2D eigenvalue weighted by molar-refractivity contribution is -0.385. The molecule has 0 radical (unpaired) electrons. The molecule has 1 aromatic carbocycles. The van der Waals surface area contributed by atoms with Crippen LogP contribution in [-0.4, -0.2) is 24.6 Å². The van der Waals surface area contributed by atoms with Gasteiger partial charge in [-0.3, -0.25) is 10.1 Å². The molecule has 0 saturated carbocycles. The third-order valence-corrected chi connectivity index (χ3v) is 2.99. The SMILES string of the molecule is Cl.O=[N+]([O-])c1cc(Cl)ccc1OCC1CCNC1. The number of nitrogens with zero attached hydrogens (tertiary/aromatic N) is 1. The van der Waals surface area contributed by atoms with Crippen molar-refractivity contribution in [3.05, 3.63) is 33.3 Å². The summed E-state index contributed by atoms with van der Waals surface area (Å²) >= 11 is 5.72. The summed E-state index contributed by atoms with van der Waals surface area (Å²) < 4.78 is 5.50. The molecule has 18 heavy (non-hydrogen) atoms. The quantitative estimate of drug-likeness (QED) is 0.684. The summed E-state index contributed by atoms with van der Waals surface area (Å²) in [6.45, 7) is 2.38. The lowest BCUT2D eigenvalue weighted by Gasteiger charge is -2.10. The van der Waals surface area contributed by atoms with Crippen LogP contribution in [0.3, 0.4) is 0 Å². The molecular weight excluding hydrogens is 279 g/mol. The van der Waals surface area contributed by atoms with E-state index in [0.717, 1.165) is 19.5 Å². The summed E-state index contributed by atoms with van der Waals surface area (Å²) in [4.78, 5) is 10.3. The van der Waals surface area contributed by atoms with Crippen LogP contribution in [0.5, 0.6) is 5.75 Å². The molecule has 1 N–H and O–H groups in total. The van der Waals surface area contributed by atoms with Gasteiger partial charge in [-0.05, 0) is 25.1 Å². The smallest absolute Gasteiger partial charge is 0.312 e. The molecular formula is C11H14Cl2N2O3. The van der Waals surface area contributed by atoms with Crippen LogP contribution in [0.15, 0.2) is 18.2 Å². The predicted octanol–water partition coefficient (Wildman–Crippen LogP) is 2.66. The lowest BCUT2D eigenvalue weighted by atomic mass is 10.1. The van der Waals surface area contributed by atoms with Crippen LogP contribution in [0.1, 0.15) is 6.42 Å². The van der Waals surface area contributed by atoms with E-state index in [2.05, 4.69) is 5.32 Å². The van der Waals surface area contributed by atoms with E-state index in [9.17, 15) is 10.1 Å². The summed E-state index contributed by atoms with van der Waals surface area (Å²) in [5.74, 6) is 0.705. The number of hydrogen-bond donors (Lipinski definition) is 1. The van der Waals surface area contributed by atoms with Gasteiger partial charge in [0.2, 0.25) is 0 Å². The molecule has 0 amide bonds. The monoisotopic (exact) mass is 292 g/mol. The molecule has 1 aliphatic rings. The first-order chi connectivity index (χ1) is 8.16. The van der Waals surface area contributed by atoms with Gasteiger partial charge in [-0.1, -0.05) is 11.6 Å². The van der Waals surface area contributed by atoms with Crippen molar-refractivity contribution < 1.29 is 9.66 Å². The Bertz CT molecular complexity index is 423. The van der Waals surface area contributed by atoms with Crippen molar-refractivity contribution in [3.63, 3.8) is 0 Å². The van der Waals surface area contributed by atoms with Crippen LogP contribution in [0.25, 0.3) is 0 Å². The fourth-order valence-electron chi connectivity index (χ4n) is 1.82. The molecule has 1 saturated heterocycles. The van der Waals surface area contributed by atoms with Crippen LogP contribution >= 0.6 is 24.0 Å². The van der Waals surface area contributed by atoms with Gasteiger partial charge >= 0.3 is 5.69 Å². The van der Waals surface area contributed by atoms with Crippen molar-refractivity contribution in [2.24, 2.45) is 5.92 Å². The number of ether oxygens (including phenoxy) is 1. The normalized spacial score (nSPS) is 18.2.